The monoisotopic (exact) mass is 348 g/mol. The molecule has 0 spiro atoms. The molecule has 2 aliphatic rings. The Morgan fingerprint density at radius 3 is 2.52 bits per heavy atom. The number of likely N-dealkylation sites (tertiary alicyclic amines) is 1. The van der Waals surface area contributed by atoms with E-state index in [4.69, 9.17) is 15.2 Å². The lowest BCUT2D eigenvalue weighted by atomic mass is 9.74. The van der Waals surface area contributed by atoms with E-state index in [0.717, 1.165) is 29.7 Å². The Hall–Kier alpha value is -2.11. The zero-order valence-electron chi connectivity index (χ0n) is 15.5. The number of nitrogens with zero attached hydrogens (tertiary/aromatic N) is 1. The van der Waals surface area contributed by atoms with E-state index < -0.39 is 6.09 Å². The van der Waals surface area contributed by atoms with Gasteiger partial charge in [0.15, 0.2) is 11.5 Å². The highest BCUT2D eigenvalue weighted by Gasteiger charge is 2.40. The summed E-state index contributed by atoms with van der Waals surface area (Å²) in [7, 11) is 0. The van der Waals surface area contributed by atoms with Gasteiger partial charge in [-0.15, -0.1) is 0 Å². The average molecular weight is 348 g/mol. The van der Waals surface area contributed by atoms with Gasteiger partial charge < -0.3 is 25.2 Å². The highest BCUT2D eigenvalue weighted by atomic mass is 16.6. The molecule has 0 radical (unpaired) electrons. The number of anilines is 1. The second-order valence-corrected chi connectivity index (χ2v) is 8.13. The first-order chi connectivity index (χ1) is 11.7. The van der Waals surface area contributed by atoms with Crippen LogP contribution < -0.4 is 15.2 Å². The number of benzene rings is 1. The predicted octanol–water partition coefficient (Wildman–Crippen LogP) is 3.62. The largest absolute Gasteiger partial charge is 0.486 e. The molecule has 0 aromatic heterocycles. The molecule has 0 saturated carbocycles. The molecule has 1 aromatic rings. The van der Waals surface area contributed by atoms with Crippen molar-refractivity contribution < 1.29 is 19.4 Å². The summed E-state index contributed by atoms with van der Waals surface area (Å²) in [6.07, 6.45) is 0.713. The van der Waals surface area contributed by atoms with Crippen LogP contribution in [0.15, 0.2) is 6.07 Å². The summed E-state index contributed by atoms with van der Waals surface area (Å²) in [5, 5.41) is 9.58. The third kappa shape index (κ3) is 3.22. The highest BCUT2D eigenvalue weighted by molar-refractivity contribution is 5.68. The minimum absolute atomic E-state index is 0.0409. The molecule has 2 atom stereocenters. The van der Waals surface area contributed by atoms with Crippen LogP contribution in [-0.2, 0) is 0 Å². The average Bonchev–Trinajstić information content (AvgIpc) is 2.54. The zero-order chi connectivity index (χ0) is 18.4. The number of nitrogen functional groups attached to an aromatic ring is 1. The number of piperidine rings is 1. The number of rotatable bonds is 1. The summed E-state index contributed by atoms with van der Waals surface area (Å²) in [5.41, 5.74) is 8.80. The SMILES string of the molecule is Cc1cc(N)c2c(c1C1CCN(C(=O)O)C(C(C)(C)C)C1)OCCO2. The topological polar surface area (TPSA) is 85.0 Å². The molecule has 1 amide bonds. The van der Waals surface area contributed by atoms with E-state index in [9.17, 15) is 9.90 Å². The number of aryl methyl sites for hydroxylation is 1. The summed E-state index contributed by atoms with van der Waals surface area (Å²) in [4.78, 5) is 13.3. The standard InChI is InChI=1S/C19H28N2O4/c1-11-9-13(20)16-17(25-8-7-24-16)15(11)12-5-6-21(18(22)23)14(10-12)19(2,3)4/h9,12,14H,5-8,10,20H2,1-4H3,(H,22,23). The van der Waals surface area contributed by atoms with Gasteiger partial charge in [0.25, 0.3) is 0 Å². The van der Waals surface area contributed by atoms with Gasteiger partial charge >= 0.3 is 6.09 Å². The van der Waals surface area contributed by atoms with E-state index in [2.05, 4.69) is 20.8 Å². The number of hydrogen-bond acceptors (Lipinski definition) is 4. The molecule has 25 heavy (non-hydrogen) atoms. The number of carboxylic acid groups (broad SMARTS) is 1. The number of amides is 1. The number of nitrogens with two attached hydrogens (primary N) is 1. The molecule has 138 valence electrons. The number of fused-ring (bicyclic) bond motifs is 1. The van der Waals surface area contributed by atoms with E-state index in [0.29, 0.717) is 31.2 Å². The number of ether oxygens (including phenoxy) is 2. The first kappa shape index (κ1) is 17.7. The molecule has 3 N–H and O–H groups in total. The second kappa shape index (κ2) is 6.32. The summed E-state index contributed by atoms with van der Waals surface area (Å²) in [6.45, 7) is 9.88. The maximum Gasteiger partial charge on any atom is 0.407 e. The van der Waals surface area contributed by atoms with Crippen molar-refractivity contribution in [3.63, 3.8) is 0 Å². The molecule has 2 heterocycles. The van der Waals surface area contributed by atoms with Crippen molar-refractivity contribution >= 4 is 11.8 Å². The third-order valence-electron chi connectivity index (χ3n) is 5.34. The molecule has 2 aliphatic heterocycles. The Kier molecular flexibility index (Phi) is 4.47. The van der Waals surface area contributed by atoms with Crippen LogP contribution in [-0.4, -0.2) is 41.9 Å². The maximum atomic E-state index is 11.7. The summed E-state index contributed by atoms with van der Waals surface area (Å²) < 4.78 is 11.7. The lowest BCUT2D eigenvalue weighted by molar-refractivity contribution is 0.0518. The molecule has 0 aliphatic carbocycles. The fraction of sp³-hybridized carbons (Fsp3) is 0.632. The van der Waals surface area contributed by atoms with Gasteiger partial charge in [-0.2, -0.15) is 0 Å². The summed E-state index contributed by atoms with van der Waals surface area (Å²) in [6, 6.07) is 1.90. The van der Waals surface area contributed by atoms with Crippen LogP contribution in [0.3, 0.4) is 0 Å². The molecule has 6 nitrogen and oxygen atoms in total. The van der Waals surface area contributed by atoms with Crippen molar-refractivity contribution in [2.45, 2.75) is 52.5 Å². The van der Waals surface area contributed by atoms with Gasteiger partial charge in [-0.1, -0.05) is 20.8 Å². The van der Waals surface area contributed by atoms with E-state index in [-0.39, 0.29) is 17.4 Å². The molecule has 6 heteroatoms. The van der Waals surface area contributed by atoms with Crippen LogP contribution >= 0.6 is 0 Å². The molecule has 1 fully saturated rings. The van der Waals surface area contributed by atoms with Crippen LogP contribution in [0, 0.1) is 12.3 Å². The first-order valence-electron chi connectivity index (χ1n) is 8.88. The normalized spacial score (nSPS) is 23.4. The minimum Gasteiger partial charge on any atom is -0.486 e. The van der Waals surface area contributed by atoms with Gasteiger partial charge in [0.2, 0.25) is 0 Å². The molecule has 0 bridgehead atoms. The quantitative estimate of drug-likeness (QED) is 0.757. The van der Waals surface area contributed by atoms with Crippen LogP contribution in [0.1, 0.15) is 50.7 Å². The third-order valence-corrected chi connectivity index (χ3v) is 5.34. The fourth-order valence-electron chi connectivity index (χ4n) is 4.17. The minimum atomic E-state index is -0.839. The Morgan fingerprint density at radius 1 is 1.28 bits per heavy atom. The molecule has 1 saturated heterocycles. The van der Waals surface area contributed by atoms with Gasteiger partial charge in [-0.3, -0.25) is 0 Å². The lowest BCUT2D eigenvalue weighted by Crippen LogP contribution is -2.51. The van der Waals surface area contributed by atoms with Gasteiger partial charge in [0.05, 0.1) is 5.69 Å². The van der Waals surface area contributed by atoms with Gasteiger partial charge in [-0.05, 0) is 42.7 Å². The van der Waals surface area contributed by atoms with Crippen LogP contribution in [0.2, 0.25) is 0 Å². The van der Waals surface area contributed by atoms with Crippen molar-refractivity contribution in [3.05, 3.63) is 17.2 Å². The van der Waals surface area contributed by atoms with Gasteiger partial charge in [0, 0.05) is 18.2 Å². The van der Waals surface area contributed by atoms with Crippen molar-refractivity contribution in [1.82, 2.24) is 4.90 Å². The molecule has 2 unspecified atom stereocenters. The Balaban J connectivity index is 1.99. The van der Waals surface area contributed by atoms with Gasteiger partial charge in [-0.25, -0.2) is 4.79 Å². The smallest absolute Gasteiger partial charge is 0.407 e. The molecule has 3 rings (SSSR count). The van der Waals surface area contributed by atoms with E-state index in [1.807, 2.05) is 13.0 Å². The lowest BCUT2D eigenvalue weighted by Gasteiger charge is -2.45. The summed E-state index contributed by atoms with van der Waals surface area (Å²) in [5.74, 6) is 1.63. The van der Waals surface area contributed by atoms with Crippen LogP contribution in [0.4, 0.5) is 10.5 Å². The van der Waals surface area contributed by atoms with Gasteiger partial charge in [0.1, 0.15) is 13.2 Å². The van der Waals surface area contributed by atoms with Crippen molar-refractivity contribution in [2.24, 2.45) is 5.41 Å². The summed E-state index contributed by atoms with van der Waals surface area (Å²) >= 11 is 0. The van der Waals surface area contributed by atoms with Crippen LogP contribution in [0.5, 0.6) is 11.5 Å². The van der Waals surface area contributed by atoms with E-state index in [1.54, 1.807) is 4.90 Å². The number of hydrogen-bond donors (Lipinski definition) is 2. The molecular weight excluding hydrogens is 320 g/mol. The second-order valence-electron chi connectivity index (χ2n) is 8.13. The fourth-order valence-corrected chi connectivity index (χ4v) is 4.17. The van der Waals surface area contributed by atoms with Crippen molar-refractivity contribution in [3.8, 4) is 11.5 Å². The van der Waals surface area contributed by atoms with E-state index >= 15 is 0 Å². The van der Waals surface area contributed by atoms with Crippen molar-refractivity contribution in [1.29, 1.82) is 0 Å². The maximum absolute atomic E-state index is 11.7. The predicted molar refractivity (Wildman–Crippen MR) is 96.5 cm³/mol. The van der Waals surface area contributed by atoms with E-state index in [1.165, 1.54) is 0 Å². The zero-order valence-corrected chi connectivity index (χ0v) is 15.5. The molecule has 1 aromatic carbocycles. The first-order valence-corrected chi connectivity index (χ1v) is 8.88. The Bertz CT molecular complexity index is 681. The van der Waals surface area contributed by atoms with Crippen LogP contribution in [0.25, 0.3) is 0 Å². The molecular formula is C19H28N2O4. The Morgan fingerprint density at radius 2 is 1.92 bits per heavy atom. The number of carbonyl (C=O) groups is 1. The highest BCUT2D eigenvalue weighted by Crippen LogP contribution is 2.48. The Labute approximate surface area is 148 Å². The van der Waals surface area contributed by atoms with Crippen molar-refractivity contribution in [2.75, 3.05) is 25.5 Å².